The molecular formula is C39H49NO6. The van der Waals surface area contributed by atoms with Gasteiger partial charge in [0.1, 0.15) is 12.2 Å². The highest BCUT2D eigenvalue weighted by atomic mass is 16.6. The van der Waals surface area contributed by atoms with E-state index in [0.717, 1.165) is 16.7 Å². The summed E-state index contributed by atoms with van der Waals surface area (Å²) in [5.41, 5.74) is 2.14. The van der Waals surface area contributed by atoms with E-state index < -0.39 is 35.4 Å². The zero-order valence-electron chi connectivity index (χ0n) is 27.9. The van der Waals surface area contributed by atoms with Crippen molar-refractivity contribution in [3.63, 3.8) is 0 Å². The van der Waals surface area contributed by atoms with Crippen LogP contribution >= 0.6 is 0 Å². The van der Waals surface area contributed by atoms with Gasteiger partial charge in [0, 0.05) is 12.3 Å². The molecule has 0 aliphatic rings. The van der Waals surface area contributed by atoms with Crippen LogP contribution in [0.15, 0.2) is 91.0 Å². The standard InChI is InChI=1S/C39H49NO6/c1-28(2)23-34(40-37(43)32(26-36(42)46-39(3,4)5)22-21-29-15-9-6-10-16-29)35(41)25-33(24-30-17-11-7-12-18-30)38(44)45-27-31-19-13-8-14-20-31/h6-20,28,32-34H,21-27H2,1-5H3,(H,40,43)/t32-,33+,34+/m1/s1. The number of benzene rings is 3. The lowest BCUT2D eigenvalue weighted by atomic mass is 9.89. The molecule has 3 aromatic rings. The molecule has 0 unspecified atom stereocenters. The Bertz CT molecular complexity index is 1380. The number of Topliss-reactive ketones (excluding diaryl/α,β-unsaturated/α-hetero) is 1. The Morgan fingerprint density at radius 3 is 1.80 bits per heavy atom. The largest absolute Gasteiger partial charge is 0.461 e. The fourth-order valence-corrected chi connectivity index (χ4v) is 5.30. The van der Waals surface area contributed by atoms with E-state index in [0.29, 0.717) is 25.7 Å². The van der Waals surface area contributed by atoms with Gasteiger partial charge in [0.05, 0.1) is 18.4 Å². The number of rotatable bonds is 17. The summed E-state index contributed by atoms with van der Waals surface area (Å²) in [5.74, 6) is -2.83. The molecular weight excluding hydrogens is 578 g/mol. The summed E-state index contributed by atoms with van der Waals surface area (Å²) in [6, 6.07) is 27.9. The van der Waals surface area contributed by atoms with E-state index in [1.807, 2.05) is 105 Å². The molecule has 3 aromatic carbocycles. The van der Waals surface area contributed by atoms with Crippen LogP contribution in [0.4, 0.5) is 0 Å². The predicted molar refractivity (Wildman–Crippen MR) is 180 cm³/mol. The average Bonchev–Trinajstić information content (AvgIpc) is 3.01. The Morgan fingerprint density at radius 1 is 0.717 bits per heavy atom. The van der Waals surface area contributed by atoms with Crippen molar-refractivity contribution in [3.8, 4) is 0 Å². The lowest BCUT2D eigenvalue weighted by Gasteiger charge is -2.26. The van der Waals surface area contributed by atoms with Crippen molar-refractivity contribution in [3.05, 3.63) is 108 Å². The predicted octanol–water partition coefficient (Wildman–Crippen LogP) is 7.06. The lowest BCUT2D eigenvalue weighted by molar-refractivity contribution is -0.157. The summed E-state index contributed by atoms with van der Waals surface area (Å²) in [7, 11) is 0. The number of aryl methyl sites for hydroxylation is 1. The van der Waals surface area contributed by atoms with Crippen LogP contribution in [0.2, 0.25) is 0 Å². The van der Waals surface area contributed by atoms with Crippen LogP contribution < -0.4 is 5.32 Å². The van der Waals surface area contributed by atoms with Crippen molar-refractivity contribution in [2.75, 3.05) is 0 Å². The Labute approximate surface area is 274 Å². The van der Waals surface area contributed by atoms with E-state index in [-0.39, 0.29) is 37.1 Å². The minimum absolute atomic E-state index is 0.0824. The first-order valence-corrected chi connectivity index (χ1v) is 16.2. The lowest BCUT2D eigenvalue weighted by Crippen LogP contribution is -2.46. The smallest absolute Gasteiger partial charge is 0.310 e. The van der Waals surface area contributed by atoms with Gasteiger partial charge in [-0.05, 0) is 69.1 Å². The van der Waals surface area contributed by atoms with Gasteiger partial charge in [0.15, 0.2) is 5.78 Å². The fourth-order valence-electron chi connectivity index (χ4n) is 5.30. The molecule has 0 aliphatic carbocycles. The second-order valence-corrected chi connectivity index (χ2v) is 13.4. The molecule has 3 atom stereocenters. The molecule has 46 heavy (non-hydrogen) atoms. The number of carbonyl (C=O) groups is 4. The van der Waals surface area contributed by atoms with Crippen LogP contribution in [-0.4, -0.2) is 35.3 Å². The molecule has 0 bridgehead atoms. The number of nitrogens with one attached hydrogen (secondary N) is 1. The average molecular weight is 628 g/mol. The Hall–Kier alpha value is -4.26. The third-order valence-corrected chi connectivity index (χ3v) is 7.57. The maximum atomic E-state index is 13.9. The molecule has 0 saturated carbocycles. The molecule has 3 rings (SSSR count). The second kappa shape index (κ2) is 18.0. The van der Waals surface area contributed by atoms with E-state index in [1.54, 1.807) is 20.8 Å². The number of esters is 2. The van der Waals surface area contributed by atoms with Crippen LogP contribution in [0.1, 0.15) is 77.0 Å². The van der Waals surface area contributed by atoms with E-state index in [1.165, 1.54) is 0 Å². The van der Waals surface area contributed by atoms with Crippen LogP contribution in [0.5, 0.6) is 0 Å². The molecule has 1 amide bonds. The Kier molecular flexibility index (Phi) is 14.2. The van der Waals surface area contributed by atoms with Crippen LogP contribution in [0.25, 0.3) is 0 Å². The third-order valence-electron chi connectivity index (χ3n) is 7.57. The second-order valence-electron chi connectivity index (χ2n) is 13.4. The number of hydrogen-bond donors (Lipinski definition) is 1. The quantitative estimate of drug-likeness (QED) is 0.161. The summed E-state index contributed by atoms with van der Waals surface area (Å²) < 4.78 is 11.2. The van der Waals surface area contributed by atoms with Gasteiger partial charge in [-0.25, -0.2) is 0 Å². The first kappa shape index (κ1) is 36.2. The molecule has 0 radical (unpaired) electrons. The number of ketones is 1. The summed E-state index contributed by atoms with van der Waals surface area (Å²) in [6.07, 6.45) is 1.57. The minimum Gasteiger partial charge on any atom is -0.461 e. The molecule has 0 saturated heterocycles. The van der Waals surface area contributed by atoms with E-state index in [9.17, 15) is 19.2 Å². The van der Waals surface area contributed by atoms with Crippen molar-refractivity contribution < 1.29 is 28.7 Å². The van der Waals surface area contributed by atoms with Gasteiger partial charge in [-0.3, -0.25) is 19.2 Å². The van der Waals surface area contributed by atoms with Gasteiger partial charge in [-0.15, -0.1) is 0 Å². The summed E-state index contributed by atoms with van der Waals surface area (Å²) in [4.78, 5) is 53.9. The SMILES string of the molecule is CC(C)C[C@H](NC(=O)[C@H](CCc1ccccc1)CC(=O)OC(C)(C)C)C(=O)C[C@H](Cc1ccccc1)C(=O)OCc1ccccc1. The molecule has 1 N–H and O–H groups in total. The first-order valence-electron chi connectivity index (χ1n) is 16.2. The van der Waals surface area contributed by atoms with Gasteiger partial charge >= 0.3 is 11.9 Å². The summed E-state index contributed by atoms with van der Waals surface area (Å²) >= 11 is 0. The normalized spacial score (nSPS) is 13.3. The van der Waals surface area contributed by atoms with Gasteiger partial charge in [-0.1, -0.05) is 105 Å². The van der Waals surface area contributed by atoms with Crippen molar-refractivity contribution >= 4 is 23.6 Å². The first-order chi connectivity index (χ1) is 21.9. The maximum absolute atomic E-state index is 13.9. The zero-order valence-corrected chi connectivity index (χ0v) is 27.9. The summed E-state index contributed by atoms with van der Waals surface area (Å²) in [5, 5.41) is 2.97. The molecule has 0 spiro atoms. The highest BCUT2D eigenvalue weighted by molar-refractivity contribution is 5.93. The third kappa shape index (κ3) is 13.4. The summed E-state index contributed by atoms with van der Waals surface area (Å²) in [6.45, 7) is 9.44. The Morgan fingerprint density at radius 2 is 1.26 bits per heavy atom. The minimum atomic E-state index is -0.814. The number of carbonyl (C=O) groups excluding carboxylic acids is 4. The van der Waals surface area contributed by atoms with Crippen molar-refractivity contribution in [2.45, 2.75) is 91.4 Å². The number of amides is 1. The van der Waals surface area contributed by atoms with Gasteiger partial charge in [-0.2, -0.15) is 0 Å². The highest BCUT2D eigenvalue weighted by Gasteiger charge is 2.32. The van der Waals surface area contributed by atoms with E-state index >= 15 is 0 Å². The topological polar surface area (TPSA) is 98.8 Å². The van der Waals surface area contributed by atoms with Crippen molar-refractivity contribution in [2.24, 2.45) is 17.8 Å². The van der Waals surface area contributed by atoms with Crippen molar-refractivity contribution in [1.29, 1.82) is 0 Å². The monoisotopic (exact) mass is 627 g/mol. The zero-order chi connectivity index (χ0) is 33.5. The van der Waals surface area contributed by atoms with Crippen LogP contribution in [-0.2, 0) is 48.1 Å². The molecule has 0 aliphatic heterocycles. The van der Waals surface area contributed by atoms with Crippen molar-refractivity contribution in [1.82, 2.24) is 5.32 Å². The highest BCUT2D eigenvalue weighted by Crippen LogP contribution is 2.21. The van der Waals surface area contributed by atoms with Crippen LogP contribution in [0, 0.1) is 17.8 Å². The molecule has 0 fully saturated rings. The van der Waals surface area contributed by atoms with Gasteiger partial charge in [0.2, 0.25) is 5.91 Å². The molecule has 7 nitrogen and oxygen atoms in total. The molecule has 7 heteroatoms. The maximum Gasteiger partial charge on any atom is 0.310 e. The molecule has 246 valence electrons. The van der Waals surface area contributed by atoms with Crippen LogP contribution in [0.3, 0.4) is 0 Å². The molecule has 0 aromatic heterocycles. The fraction of sp³-hybridized carbons (Fsp3) is 0.436. The van der Waals surface area contributed by atoms with E-state index in [2.05, 4.69) is 5.32 Å². The number of ether oxygens (including phenoxy) is 2. The number of hydrogen-bond acceptors (Lipinski definition) is 6. The Balaban J connectivity index is 1.77. The van der Waals surface area contributed by atoms with Gasteiger partial charge in [0.25, 0.3) is 0 Å². The van der Waals surface area contributed by atoms with Gasteiger partial charge < -0.3 is 14.8 Å². The van der Waals surface area contributed by atoms with E-state index in [4.69, 9.17) is 9.47 Å². The molecule has 0 heterocycles.